The molecule has 0 saturated carbocycles. The molecule has 0 saturated heterocycles. The van der Waals surface area contributed by atoms with Crippen molar-refractivity contribution in [3.63, 3.8) is 0 Å². The molecule has 0 aliphatic rings. The average molecular weight is 386 g/mol. The number of nitrogens with zero attached hydrogens (tertiary/aromatic N) is 1. The van der Waals surface area contributed by atoms with Crippen LogP contribution in [0.5, 0.6) is 0 Å². The van der Waals surface area contributed by atoms with Gasteiger partial charge in [-0.15, -0.1) is 0 Å². The fourth-order valence-corrected chi connectivity index (χ4v) is 2.81. The maximum atomic E-state index is 12.5. The molecule has 0 bridgehead atoms. The number of carbonyl (C=O) groups is 1. The van der Waals surface area contributed by atoms with Crippen LogP contribution in [0.25, 0.3) is 0 Å². The molecule has 0 fully saturated rings. The minimum Gasteiger partial charge on any atom is -0.380 e. The number of nitrogens with one attached hydrogen (secondary N) is 2. The van der Waals surface area contributed by atoms with E-state index in [-0.39, 0.29) is 5.91 Å². The van der Waals surface area contributed by atoms with E-state index >= 15 is 0 Å². The molecular weight excluding hydrogens is 369 g/mol. The van der Waals surface area contributed by atoms with E-state index in [0.717, 1.165) is 5.69 Å². The number of amides is 1. The van der Waals surface area contributed by atoms with Crippen molar-refractivity contribution in [2.45, 2.75) is 13.5 Å². The van der Waals surface area contributed by atoms with E-state index in [9.17, 15) is 4.79 Å². The molecule has 1 amide bonds. The van der Waals surface area contributed by atoms with Crippen LogP contribution in [-0.2, 0) is 6.54 Å². The molecule has 2 N–H and O–H groups in total. The number of aryl methyl sites for hydroxylation is 1. The third-order valence-electron chi connectivity index (χ3n) is 3.94. The Balaban J connectivity index is 1.71. The SMILES string of the molecule is Cc1ccccc1CNc1cncc(C(=O)Nc2cccc(Cl)c2Cl)c1. The quantitative estimate of drug-likeness (QED) is 0.604. The molecule has 0 aliphatic carbocycles. The number of benzene rings is 2. The molecule has 26 heavy (non-hydrogen) atoms. The van der Waals surface area contributed by atoms with Gasteiger partial charge in [0.2, 0.25) is 0 Å². The van der Waals surface area contributed by atoms with Crippen molar-refractivity contribution in [2.24, 2.45) is 0 Å². The molecule has 0 atom stereocenters. The second-order valence-corrected chi connectivity index (χ2v) is 6.58. The van der Waals surface area contributed by atoms with E-state index in [1.165, 1.54) is 17.3 Å². The van der Waals surface area contributed by atoms with Crippen molar-refractivity contribution in [1.29, 1.82) is 0 Å². The van der Waals surface area contributed by atoms with Crippen molar-refractivity contribution in [3.8, 4) is 0 Å². The van der Waals surface area contributed by atoms with Crippen LogP contribution < -0.4 is 10.6 Å². The Labute approximate surface area is 162 Å². The highest BCUT2D eigenvalue weighted by atomic mass is 35.5. The van der Waals surface area contributed by atoms with Gasteiger partial charge in [0.25, 0.3) is 5.91 Å². The molecule has 3 aromatic rings. The summed E-state index contributed by atoms with van der Waals surface area (Å²) in [5.41, 5.74) is 4.04. The predicted molar refractivity (Wildman–Crippen MR) is 107 cm³/mol. The Morgan fingerprint density at radius 3 is 2.69 bits per heavy atom. The Hall–Kier alpha value is -2.56. The average Bonchev–Trinajstić information content (AvgIpc) is 2.65. The summed E-state index contributed by atoms with van der Waals surface area (Å²) in [5.74, 6) is -0.304. The van der Waals surface area contributed by atoms with Crippen LogP contribution in [0.1, 0.15) is 21.5 Å². The molecule has 1 aromatic heterocycles. The molecule has 0 radical (unpaired) electrons. The number of carbonyl (C=O) groups excluding carboxylic acids is 1. The normalized spacial score (nSPS) is 10.4. The molecule has 1 heterocycles. The van der Waals surface area contributed by atoms with Gasteiger partial charge >= 0.3 is 0 Å². The van der Waals surface area contributed by atoms with E-state index in [2.05, 4.69) is 34.7 Å². The predicted octanol–water partition coefficient (Wildman–Crippen LogP) is 5.56. The van der Waals surface area contributed by atoms with Gasteiger partial charge in [0.1, 0.15) is 0 Å². The van der Waals surface area contributed by atoms with Crippen molar-refractivity contribution in [3.05, 3.63) is 87.7 Å². The van der Waals surface area contributed by atoms with Crippen molar-refractivity contribution in [2.75, 3.05) is 10.6 Å². The van der Waals surface area contributed by atoms with Crippen LogP contribution in [0.2, 0.25) is 10.0 Å². The maximum absolute atomic E-state index is 12.5. The van der Waals surface area contributed by atoms with Crippen molar-refractivity contribution >= 4 is 40.5 Å². The summed E-state index contributed by atoms with van der Waals surface area (Å²) in [6.07, 6.45) is 3.19. The van der Waals surface area contributed by atoms with Gasteiger partial charge in [-0.2, -0.15) is 0 Å². The summed E-state index contributed by atoms with van der Waals surface area (Å²) >= 11 is 12.1. The van der Waals surface area contributed by atoms with Crippen LogP contribution in [0.4, 0.5) is 11.4 Å². The summed E-state index contributed by atoms with van der Waals surface area (Å²) in [5, 5.41) is 6.74. The van der Waals surface area contributed by atoms with Gasteiger partial charge in [-0.3, -0.25) is 9.78 Å². The van der Waals surface area contributed by atoms with Gasteiger partial charge in [-0.1, -0.05) is 53.5 Å². The van der Waals surface area contributed by atoms with E-state index in [1.807, 2.05) is 12.1 Å². The maximum Gasteiger partial charge on any atom is 0.257 e. The number of pyridine rings is 1. The van der Waals surface area contributed by atoms with Crippen LogP contribution in [0, 0.1) is 6.92 Å². The van der Waals surface area contributed by atoms with Gasteiger partial charge in [0.15, 0.2) is 0 Å². The number of aromatic nitrogens is 1. The van der Waals surface area contributed by atoms with E-state index in [4.69, 9.17) is 23.2 Å². The number of anilines is 2. The van der Waals surface area contributed by atoms with E-state index in [1.54, 1.807) is 30.5 Å². The lowest BCUT2D eigenvalue weighted by Gasteiger charge is -2.11. The fourth-order valence-electron chi connectivity index (χ4n) is 2.46. The first-order valence-corrected chi connectivity index (χ1v) is 8.79. The lowest BCUT2D eigenvalue weighted by molar-refractivity contribution is 0.102. The van der Waals surface area contributed by atoms with E-state index < -0.39 is 0 Å². The molecule has 0 unspecified atom stereocenters. The van der Waals surface area contributed by atoms with Crippen LogP contribution >= 0.6 is 23.2 Å². The molecule has 4 nitrogen and oxygen atoms in total. The molecule has 3 rings (SSSR count). The standard InChI is InChI=1S/C20H17Cl2N3O/c1-13-5-2-3-6-14(13)11-24-16-9-15(10-23-12-16)20(26)25-18-8-4-7-17(21)19(18)22/h2-10,12,24H,11H2,1H3,(H,25,26). The third-order valence-corrected chi connectivity index (χ3v) is 4.76. The number of halogens is 2. The van der Waals surface area contributed by atoms with Crippen molar-refractivity contribution < 1.29 is 4.79 Å². The Morgan fingerprint density at radius 1 is 1.08 bits per heavy atom. The Bertz CT molecular complexity index is 944. The van der Waals surface area contributed by atoms with Crippen LogP contribution in [-0.4, -0.2) is 10.9 Å². The highest BCUT2D eigenvalue weighted by Crippen LogP contribution is 2.29. The second kappa shape index (κ2) is 8.21. The van der Waals surface area contributed by atoms with Gasteiger partial charge in [-0.25, -0.2) is 0 Å². The van der Waals surface area contributed by atoms with E-state index in [0.29, 0.717) is 27.8 Å². The van der Waals surface area contributed by atoms with Crippen molar-refractivity contribution in [1.82, 2.24) is 4.98 Å². The zero-order chi connectivity index (χ0) is 18.5. The van der Waals surface area contributed by atoms with Gasteiger partial charge in [-0.05, 0) is 36.2 Å². The largest absolute Gasteiger partial charge is 0.380 e. The van der Waals surface area contributed by atoms with Gasteiger partial charge < -0.3 is 10.6 Å². The summed E-state index contributed by atoms with van der Waals surface area (Å²) in [6.45, 7) is 2.72. The number of hydrogen-bond acceptors (Lipinski definition) is 3. The minimum atomic E-state index is -0.304. The molecule has 0 aliphatic heterocycles. The van der Waals surface area contributed by atoms with Gasteiger partial charge in [0, 0.05) is 18.9 Å². The molecule has 0 spiro atoms. The zero-order valence-electron chi connectivity index (χ0n) is 14.1. The summed E-state index contributed by atoms with van der Waals surface area (Å²) in [4.78, 5) is 16.6. The van der Waals surface area contributed by atoms with Crippen LogP contribution in [0.3, 0.4) is 0 Å². The third kappa shape index (κ3) is 4.34. The Kier molecular flexibility index (Phi) is 5.76. The topological polar surface area (TPSA) is 54.0 Å². The lowest BCUT2D eigenvalue weighted by atomic mass is 10.1. The summed E-state index contributed by atoms with van der Waals surface area (Å²) in [6, 6.07) is 15.0. The van der Waals surface area contributed by atoms with Gasteiger partial charge in [0.05, 0.1) is 27.0 Å². The highest BCUT2D eigenvalue weighted by molar-refractivity contribution is 6.44. The smallest absolute Gasteiger partial charge is 0.257 e. The molecular formula is C20H17Cl2N3O. The Morgan fingerprint density at radius 2 is 1.88 bits per heavy atom. The molecule has 6 heteroatoms. The first-order valence-electron chi connectivity index (χ1n) is 8.03. The summed E-state index contributed by atoms with van der Waals surface area (Å²) < 4.78 is 0. The number of hydrogen-bond donors (Lipinski definition) is 2. The number of rotatable bonds is 5. The fraction of sp³-hybridized carbons (Fsp3) is 0.100. The zero-order valence-corrected chi connectivity index (χ0v) is 15.6. The lowest BCUT2D eigenvalue weighted by Crippen LogP contribution is -2.13. The molecule has 132 valence electrons. The first-order chi connectivity index (χ1) is 12.5. The minimum absolute atomic E-state index is 0.304. The first kappa shape index (κ1) is 18.2. The van der Waals surface area contributed by atoms with Crippen LogP contribution in [0.15, 0.2) is 60.9 Å². The molecule has 2 aromatic carbocycles. The second-order valence-electron chi connectivity index (χ2n) is 5.80. The monoisotopic (exact) mass is 385 g/mol. The highest BCUT2D eigenvalue weighted by Gasteiger charge is 2.11. The summed E-state index contributed by atoms with van der Waals surface area (Å²) in [7, 11) is 0.